The molecule has 3 aliphatic heterocycles. The zero-order valence-corrected chi connectivity index (χ0v) is 24.9. The van der Waals surface area contributed by atoms with Crippen LogP contribution in [0.2, 0.25) is 0 Å². The Morgan fingerprint density at radius 1 is 0.953 bits per heavy atom. The summed E-state index contributed by atoms with van der Waals surface area (Å²) in [7, 11) is 1.67. The van der Waals surface area contributed by atoms with E-state index in [0.29, 0.717) is 44.7 Å². The summed E-state index contributed by atoms with van der Waals surface area (Å²) in [4.78, 5) is 52.9. The molecule has 43 heavy (non-hydrogen) atoms. The molecule has 222 valence electrons. The fourth-order valence-corrected chi connectivity index (χ4v) is 6.26. The molecule has 9 heteroatoms. The molecule has 1 saturated heterocycles. The first-order chi connectivity index (χ1) is 20.8. The van der Waals surface area contributed by atoms with Crippen molar-refractivity contribution in [2.75, 3.05) is 36.9 Å². The number of likely N-dealkylation sites (N-methyl/N-ethyl adjacent to an activating group) is 1. The predicted molar refractivity (Wildman–Crippen MR) is 168 cm³/mol. The molecule has 0 saturated carbocycles. The summed E-state index contributed by atoms with van der Waals surface area (Å²) in [6, 6.07) is 25.2. The number of carbonyl (C=O) groups is 3. The van der Waals surface area contributed by atoms with Crippen molar-refractivity contribution in [2.45, 2.75) is 45.4 Å². The molecule has 9 nitrogen and oxygen atoms in total. The van der Waals surface area contributed by atoms with Gasteiger partial charge in [0.15, 0.2) is 0 Å². The number of urea groups is 2. The molecule has 5 amide bonds. The van der Waals surface area contributed by atoms with Crippen LogP contribution in [-0.2, 0) is 11.3 Å². The highest BCUT2D eigenvalue weighted by Crippen LogP contribution is 2.31. The Morgan fingerprint density at radius 2 is 1.63 bits per heavy atom. The molecule has 3 aliphatic rings. The number of fused-ring (bicyclic) bond motifs is 2. The van der Waals surface area contributed by atoms with Crippen LogP contribution < -0.4 is 10.2 Å². The van der Waals surface area contributed by atoms with Crippen LogP contribution in [0.25, 0.3) is 0 Å². The van der Waals surface area contributed by atoms with Gasteiger partial charge in [-0.3, -0.25) is 9.69 Å². The largest absolute Gasteiger partial charge is 0.324 e. The first-order valence-corrected chi connectivity index (χ1v) is 15.0. The second kappa shape index (κ2) is 11.9. The Bertz CT molecular complexity index is 1550. The van der Waals surface area contributed by atoms with Crippen LogP contribution in [0.5, 0.6) is 0 Å². The molecule has 0 bridgehead atoms. The van der Waals surface area contributed by atoms with Crippen molar-refractivity contribution in [3.8, 4) is 0 Å². The number of amides is 5. The lowest BCUT2D eigenvalue weighted by molar-refractivity contribution is -0.122. The predicted octanol–water partition coefficient (Wildman–Crippen LogP) is 5.42. The summed E-state index contributed by atoms with van der Waals surface area (Å²) in [6.45, 7) is 6.21. The first-order valence-electron chi connectivity index (χ1n) is 15.0. The number of hydrogen-bond donors (Lipinski definition) is 1. The van der Waals surface area contributed by atoms with Crippen molar-refractivity contribution in [1.29, 1.82) is 0 Å². The Balaban J connectivity index is 1.23. The van der Waals surface area contributed by atoms with Crippen LogP contribution in [0.3, 0.4) is 0 Å². The van der Waals surface area contributed by atoms with E-state index < -0.39 is 6.17 Å². The summed E-state index contributed by atoms with van der Waals surface area (Å²) in [6.07, 6.45) is 0.310. The third-order valence-corrected chi connectivity index (χ3v) is 8.49. The van der Waals surface area contributed by atoms with E-state index in [1.54, 1.807) is 16.8 Å². The van der Waals surface area contributed by atoms with E-state index in [1.165, 1.54) is 4.90 Å². The molecular formula is C34H38N6O3. The number of carbonyl (C=O) groups excluding carboxylic acids is 3. The summed E-state index contributed by atoms with van der Waals surface area (Å²) >= 11 is 0. The SMILES string of the molecule is CC(C)CN1C(=O)[C@@H](N(C)C(=O)N2CCC(N3Cc4ccccc4NC3=O)CC2)N=C(c2ccccc2)c2ccccc21. The third kappa shape index (κ3) is 5.59. The molecular weight excluding hydrogens is 540 g/mol. The molecule has 0 spiro atoms. The second-order valence-electron chi connectivity index (χ2n) is 11.9. The highest BCUT2D eigenvalue weighted by atomic mass is 16.2. The van der Waals surface area contributed by atoms with Crippen molar-refractivity contribution >= 4 is 35.1 Å². The van der Waals surface area contributed by atoms with Gasteiger partial charge < -0.3 is 20.0 Å². The van der Waals surface area contributed by atoms with Crippen LogP contribution in [-0.4, -0.2) is 77.3 Å². The highest BCUT2D eigenvalue weighted by Gasteiger charge is 2.39. The van der Waals surface area contributed by atoms with Crippen LogP contribution in [0.15, 0.2) is 83.9 Å². The van der Waals surface area contributed by atoms with Crippen LogP contribution in [0.4, 0.5) is 21.0 Å². The van der Waals surface area contributed by atoms with Gasteiger partial charge in [-0.2, -0.15) is 0 Å². The Hall–Kier alpha value is -4.66. The maximum Gasteiger partial charge on any atom is 0.322 e. The number of benzene rings is 3. The van der Waals surface area contributed by atoms with Crippen LogP contribution >= 0.6 is 0 Å². The van der Waals surface area contributed by atoms with E-state index in [2.05, 4.69) is 19.2 Å². The molecule has 3 aromatic rings. The molecule has 3 heterocycles. The van der Waals surface area contributed by atoms with Gasteiger partial charge in [0.05, 0.1) is 11.4 Å². The zero-order chi connectivity index (χ0) is 30.1. The molecule has 0 aliphatic carbocycles. The van der Waals surface area contributed by atoms with Gasteiger partial charge in [-0.15, -0.1) is 0 Å². The molecule has 0 radical (unpaired) electrons. The van der Waals surface area contributed by atoms with E-state index >= 15 is 0 Å². The summed E-state index contributed by atoms with van der Waals surface area (Å²) in [5.41, 5.74) is 5.20. The van der Waals surface area contributed by atoms with Crippen molar-refractivity contribution in [3.63, 3.8) is 0 Å². The van der Waals surface area contributed by atoms with Gasteiger partial charge in [0.25, 0.3) is 5.91 Å². The van der Waals surface area contributed by atoms with Crippen molar-refractivity contribution in [3.05, 3.63) is 95.6 Å². The lowest BCUT2D eigenvalue weighted by Gasteiger charge is -2.41. The number of hydrogen-bond acceptors (Lipinski definition) is 4. The minimum Gasteiger partial charge on any atom is -0.324 e. The topological polar surface area (TPSA) is 88.6 Å². The van der Waals surface area contributed by atoms with Crippen LogP contribution in [0, 0.1) is 5.92 Å². The van der Waals surface area contributed by atoms with E-state index in [4.69, 9.17) is 4.99 Å². The van der Waals surface area contributed by atoms with E-state index in [0.717, 1.165) is 28.1 Å². The smallest absolute Gasteiger partial charge is 0.322 e. The summed E-state index contributed by atoms with van der Waals surface area (Å²) in [5, 5.41) is 3.00. The van der Waals surface area contributed by atoms with Gasteiger partial charge in [0, 0.05) is 56.1 Å². The maximum atomic E-state index is 14.2. The maximum absolute atomic E-state index is 14.2. The second-order valence-corrected chi connectivity index (χ2v) is 11.9. The number of para-hydroxylation sites is 2. The first kappa shape index (κ1) is 28.5. The Kier molecular flexibility index (Phi) is 7.88. The third-order valence-electron chi connectivity index (χ3n) is 8.49. The zero-order valence-electron chi connectivity index (χ0n) is 24.9. The molecule has 1 atom stereocenters. The molecule has 6 rings (SSSR count). The van der Waals surface area contributed by atoms with E-state index in [-0.39, 0.29) is 29.9 Å². The monoisotopic (exact) mass is 578 g/mol. The minimum atomic E-state index is -1.02. The fourth-order valence-electron chi connectivity index (χ4n) is 6.26. The number of aliphatic imine (C=N–C) groups is 1. The van der Waals surface area contributed by atoms with Gasteiger partial charge in [-0.05, 0) is 36.5 Å². The molecule has 1 N–H and O–H groups in total. The fraction of sp³-hybridized carbons (Fsp3) is 0.353. The lowest BCUT2D eigenvalue weighted by Crippen LogP contribution is -2.56. The molecule has 0 unspecified atom stereocenters. The minimum absolute atomic E-state index is 0.0287. The van der Waals surface area contributed by atoms with Crippen molar-refractivity contribution in [1.82, 2.24) is 14.7 Å². The number of nitrogens with zero attached hydrogens (tertiary/aromatic N) is 5. The number of likely N-dealkylation sites (tertiary alicyclic amines) is 1. The molecule has 0 aromatic heterocycles. The molecule has 1 fully saturated rings. The number of nitrogens with one attached hydrogen (secondary N) is 1. The normalized spacial score (nSPS) is 18.9. The lowest BCUT2D eigenvalue weighted by atomic mass is 10.00. The van der Waals surface area contributed by atoms with Gasteiger partial charge in [-0.25, -0.2) is 14.6 Å². The molecule has 3 aromatic carbocycles. The highest BCUT2D eigenvalue weighted by molar-refractivity contribution is 6.20. The van der Waals surface area contributed by atoms with E-state index in [9.17, 15) is 14.4 Å². The summed E-state index contributed by atoms with van der Waals surface area (Å²) in [5.74, 6) is -0.00334. The van der Waals surface area contributed by atoms with Crippen molar-refractivity contribution in [2.24, 2.45) is 10.9 Å². The number of rotatable bonds is 5. The number of piperidine rings is 1. The Labute approximate surface area is 252 Å². The van der Waals surface area contributed by atoms with E-state index in [1.807, 2.05) is 83.8 Å². The summed E-state index contributed by atoms with van der Waals surface area (Å²) < 4.78 is 0. The van der Waals surface area contributed by atoms with Gasteiger partial charge in [0.1, 0.15) is 0 Å². The number of benzodiazepines with no additional fused rings is 1. The quantitative estimate of drug-likeness (QED) is 0.439. The van der Waals surface area contributed by atoms with Gasteiger partial charge >= 0.3 is 12.1 Å². The average Bonchev–Trinajstić information content (AvgIpc) is 3.14. The standard InChI is InChI=1S/C34H38N6O3/c1-23(2)21-40-29-16-10-8-14-27(29)30(24-11-5-4-6-12-24)36-31(32(40)41)37(3)34(43)38-19-17-26(18-20-38)39-22-25-13-7-9-15-28(25)35-33(39)42/h4-16,23,26,31H,17-22H2,1-3H3,(H,35,42)/t31-/m1/s1. The average molecular weight is 579 g/mol. The van der Waals surface area contributed by atoms with Crippen molar-refractivity contribution < 1.29 is 14.4 Å². The Morgan fingerprint density at radius 3 is 2.37 bits per heavy atom. The van der Waals surface area contributed by atoms with Gasteiger partial charge in [-0.1, -0.05) is 80.6 Å². The van der Waals surface area contributed by atoms with Gasteiger partial charge in [0.2, 0.25) is 6.17 Å². The van der Waals surface area contributed by atoms with Crippen LogP contribution in [0.1, 0.15) is 43.4 Å². The number of anilines is 2.